The molecule has 0 bridgehead atoms. The van der Waals surface area contributed by atoms with Gasteiger partial charge in [0.1, 0.15) is 31.1 Å². The number of hydrogen-bond acceptors (Lipinski definition) is 6. The third kappa shape index (κ3) is 11.7. The molecule has 1 N–H and O–H groups in total. The summed E-state index contributed by atoms with van der Waals surface area (Å²) in [5.74, 6) is 1.87. The number of ether oxygens (including phenoxy) is 3. The summed E-state index contributed by atoms with van der Waals surface area (Å²) in [4.78, 5) is 37.7. The normalized spacial score (nSPS) is 19.2. The minimum atomic E-state index is -4.96. The number of carbonyl (C=O) groups is 1. The number of esters is 1. The Labute approximate surface area is 233 Å². The van der Waals surface area contributed by atoms with E-state index in [9.17, 15) is 27.6 Å². The van der Waals surface area contributed by atoms with Crippen LogP contribution in [0.2, 0.25) is 0 Å². The molecule has 3 atom stereocenters. The lowest BCUT2D eigenvalue weighted by Gasteiger charge is -2.18. The summed E-state index contributed by atoms with van der Waals surface area (Å²) in [7, 11) is 0. The number of allylic oxidation sites excluding steroid dienone is 2. The van der Waals surface area contributed by atoms with Gasteiger partial charge in [-0.05, 0) is 32.1 Å². The van der Waals surface area contributed by atoms with Crippen molar-refractivity contribution in [3.05, 3.63) is 44.8 Å². The monoisotopic (exact) mass is 570 g/mol. The Morgan fingerprint density at radius 1 is 1.12 bits per heavy atom. The summed E-state index contributed by atoms with van der Waals surface area (Å²) in [6.45, 7) is 1.90. The standard InChI is InChI=1S/C29H41F3N2O6/c1-3-5-6-7-8-9-10-11-12-13-14-15-16-17-26(35)39-21-24-23(38-18-4-2)19-25(40-24)34-20-22(29(30,31)32)27(36)33-28(34)37/h2,9-10,20,23-25H,3,5-8,11-19,21H2,1H3,(H,33,36,37)/t23-,24+,25+/m0/s1. The van der Waals surface area contributed by atoms with E-state index in [4.69, 9.17) is 20.6 Å². The average molecular weight is 571 g/mol. The van der Waals surface area contributed by atoms with Crippen LogP contribution in [-0.4, -0.2) is 40.9 Å². The molecule has 2 heterocycles. The smallest absolute Gasteiger partial charge is 0.423 e. The highest BCUT2D eigenvalue weighted by molar-refractivity contribution is 5.69. The predicted molar refractivity (Wildman–Crippen MR) is 145 cm³/mol. The molecule has 1 aromatic heterocycles. The Kier molecular flexibility index (Phi) is 14.8. The lowest BCUT2D eigenvalue weighted by Crippen LogP contribution is -2.36. The predicted octanol–water partition coefficient (Wildman–Crippen LogP) is 5.66. The van der Waals surface area contributed by atoms with Crippen molar-refractivity contribution < 1.29 is 32.2 Å². The van der Waals surface area contributed by atoms with Crippen LogP contribution in [0, 0.1) is 12.3 Å². The Balaban J connectivity index is 1.74. The number of alkyl halides is 3. The summed E-state index contributed by atoms with van der Waals surface area (Å²) >= 11 is 0. The van der Waals surface area contributed by atoms with Crippen LogP contribution >= 0.6 is 0 Å². The molecule has 0 unspecified atom stereocenters. The van der Waals surface area contributed by atoms with Gasteiger partial charge >= 0.3 is 17.8 Å². The summed E-state index contributed by atoms with van der Waals surface area (Å²) < 4.78 is 56.7. The molecule has 224 valence electrons. The molecule has 2 rings (SSSR count). The first kappa shape index (κ1) is 33.4. The van der Waals surface area contributed by atoms with Crippen molar-refractivity contribution in [1.82, 2.24) is 9.55 Å². The SMILES string of the molecule is C#CCO[C@H]1C[C@H](n2cc(C(F)(F)F)c(=O)[nH]c2=O)O[C@@H]1COC(=O)CCCCCCCC=CCCCCCC. The molecule has 0 spiro atoms. The van der Waals surface area contributed by atoms with Crippen LogP contribution in [0.5, 0.6) is 0 Å². The molecular weight excluding hydrogens is 529 g/mol. The maximum absolute atomic E-state index is 13.2. The first-order valence-corrected chi connectivity index (χ1v) is 14.1. The quantitative estimate of drug-likeness (QED) is 0.106. The van der Waals surface area contributed by atoms with E-state index in [0.29, 0.717) is 17.2 Å². The lowest BCUT2D eigenvalue weighted by atomic mass is 10.1. The molecule has 0 aliphatic carbocycles. The highest BCUT2D eigenvalue weighted by atomic mass is 19.4. The zero-order valence-corrected chi connectivity index (χ0v) is 23.2. The highest BCUT2D eigenvalue weighted by Crippen LogP contribution is 2.32. The van der Waals surface area contributed by atoms with Crippen molar-refractivity contribution >= 4 is 5.97 Å². The molecule has 0 aromatic carbocycles. The summed E-state index contributed by atoms with van der Waals surface area (Å²) in [6.07, 6.45) is 14.8. The number of aromatic amines is 1. The highest BCUT2D eigenvalue weighted by Gasteiger charge is 2.40. The molecule has 1 saturated heterocycles. The molecule has 0 amide bonds. The molecule has 1 aliphatic rings. The van der Waals surface area contributed by atoms with Gasteiger partial charge in [-0.15, -0.1) is 6.42 Å². The van der Waals surface area contributed by atoms with Crippen LogP contribution in [0.25, 0.3) is 0 Å². The van der Waals surface area contributed by atoms with Crippen LogP contribution in [-0.2, 0) is 25.2 Å². The number of hydrogen-bond donors (Lipinski definition) is 1. The Morgan fingerprint density at radius 2 is 1.77 bits per heavy atom. The van der Waals surface area contributed by atoms with Crippen LogP contribution in [0.1, 0.15) is 102 Å². The van der Waals surface area contributed by atoms with Crippen molar-refractivity contribution in [1.29, 1.82) is 0 Å². The molecule has 1 fully saturated rings. The van der Waals surface area contributed by atoms with Gasteiger partial charge in [-0.25, -0.2) is 4.79 Å². The number of rotatable bonds is 18. The average Bonchev–Trinajstić information content (AvgIpc) is 3.30. The van der Waals surface area contributed by atoms with Gasteiger partial charge in [0.15, 0.2) is 0 Å². The maximum atomic E-state index is 13.2. The summed E-state index contributed by atoms with van der Waals surface area (Å²) in [5.41, 5.74) is -4.13. The molecule has 8 nitrogen and oxygen atoms in total. The van der Waals surface area contributed by atoms with Crippen LogP contribution in [0.15, 0.2) is 27.9 Å². The van der Waals surface area contributed by atoms with Gasteiger partial charge < -0.3 is 14.2 Å². The van der Waals surface area contributed by atoms with Crippen LogP contribution < -0.4 is 11.2 Å². The van der Waals surface area contributed by atoms with Gasteiger partial charge in [0.05, 0.1) is 6.10 Å². The third-order valence-electron chi connectivity index (χ3n) is 6.70. The number of aromatic nitrogens is 2. The Bertz CT molecular complexity index is 1090. The van der Waals surface area contributed by atoms with Gasteiger partial charge in [0, 0.05) is 19.0 Å². The molecule has 0 radical (unpaired) electrons. The Hall–Kier alpha value is -2.84. The van der Waals surface area contributed by atoms with E-state index in [1.165, 1.54) is 25.7 Å². The fourth-order valence-electron chi connectivity index (χ4n) is 4.49. The van der Waals surface area contributed by atoms with Crippen molar-refractivity contribution in [2.45, 2.75) is 115 Å². The number of H-pyrrole nitrogens is 1. The minimum Gasteiger partial charge on any atom is -0.463 e. The number of terminal acetylenes is 1. The van der Waals surface area contributed by atoms with E-state index in [2.05, 4.69) is 25.0 Å². The maximum Gasteiger partial charge on any atom is 0.423 e. The van der Waals surface area contributed by atoms with Crippen molar-refractivity contribution in [2.24, 2.45) is 0 Å². The second kappa shape index (κ2) is 17.8. The molecule has 1 aromatic rings. The number of nitrogens with one attached hydrogen (secondary N) is 1. The summed E-state index contributed by atoms with van der Waals surface area (Å²) in [5, 5.41) is 0. The van der Waals surface area contributed by atoms with Gasteiger partial charge in [0.25, 0.3) is 5.56 Å². The fourth-order valence-corrected chi connectivity index (χ4v) is 4.49. The number of nitrogens with zero attached hydrogens (tertiary/aromatic N) is 1. The topological polar surface area (TPSA) is 99.6 Å². The molecular formula is C29H41F3N2O6. The second-order valence-electron chi connectivity index (χ2n) is 9.94. The fraction of sp³-hybridized carbons (Fsp3) is 0.690. The van der Waals surface area contributed by atoms with Gasteiger partial charge in [-0.1, -0.05) is 63.5 Å². The van der Waals surface area contributed by atoms with Gasteiger partial charge in [-0.2, -0.15) is 13.2 Å². The van der Waals surface area contributed by atoms with Crippen LogP contribution in [0.3, 0.4) is 0 Å². The van der Waals surface area contributed by atoms with E-state index < -0.39 is 47.4 Å². The van der Waals surface area contributed by atoms with E-state index in [1.54, 1.807) is 4.98 Å². The van der Waals surface area contributed by atoms with E-state index >= 15 is 0 Å². The van der Waals surface area contributed by atoms with Crippen molar-refractivity contribution in [2.75, 3.05) is 13.2 Å². The zero-order chi connectivity index (χ0) is 29.4. The molecule has 1 aliphatic heterocycles. The first-order valence-electron chi connectivity index (χ1n) is 14.1. The van der Waals surface area contributed by atoms with E-state index in [1.807, 2.05) is 0 Å². The van der Waals surface area contributed by atoms with Crippen molar-refractivity contribution in [3.63, 3.8) is 0 Å². The largest absolute Gasteiger partial charge is 0.463 e. The van der Waals surface area contributed by atoms with Crippen LogP contribution in [0.4, 0.5) is 13.2 Å². The van der Waals surface area contributed by atoms with Gasteiger partial charge in [0.2, 0.25) is 0 Å². The lowest BCUT2D eigenvalue weighted by molar-refractivity contribution is -0.151. The first-order chi connectivity index (χ1) is 19.2. The Morgan fingerprint density at radius 3 is 2.42 bits per heavy atom. The van der Waals surface area contributed by atoms with Gasteiger partial charge in [-0.3, -0.25) is 19.1 Å². The molecule has 0 saturated carbocycles. The van der Waals surface area contributed by atoms with E-state index in [0.717, 1.165) is 38.5 Å². The zero-order valence-electron chi connectivity index (χ0n) is 23.2. The number of carbonyl (C=O) groups excluding carboxylic acids is 1. The van der Waals surface area contributed by atoms with E-state index in [-0.39, 0.29) is 26.1 Å². The third-order valence-corrected chi connectivity index (χ3v) is 6.70. The minimum absolute atomic E-state index is 0.0266. The van der Waals surface area contributed by atoms with Crippen molar-refractivity contribution in [3.8, 4) is 12.3 Å². The molecule has 11 heteroatoms. The summed E-state index contributed by atoms with van der Waals surface area (Å²) in [6, 6.07) is 0. The number of unbranched alkanes of at least 4 members (excludes halogenated alkanes) is 9. The molecule has 40 heavy (non-hydrogen) atoms. The number of halogens is 3. The second-order valence-corrected chi connectivity index (χ2v) is 9.94.